The molecule has 0 spiro atoms. The number of carbonyl (C=O) groups excluding carboxylic acids is 2. The third kappa shape index (κ3) is 4.75. The number of thioether (sulfide) groups is 1. The zero-order valence-electron chi connectivity index (χ0n) is 20.0. The molecule has 9 heteroatoms. The van der Waals surface area contributed by atoms with E-state index in [1.807, 2.05) is 43.3 Å². The SMILES string of the molecule is CCC1SCC(C(=O)O)N1C(=O)C(C)(COC)NC(=O)OCC1c2ccccc2-c2ccccc21. The van der Waals surface area contributed by atoms with Crippen LogP contribution in [0.15, 0.2) is 48.5 Å². The van der Waals surface area contributed by atoms with Crippen LogP contribution in [0.25, 0.3) is 11.1 Å². The van der Waals surface area contributed by atoms with Crippen LogP contribution in [0.1, 0.15) is 37.3 Å². The quantitative estimate of drug-likeness (QED) is 0.572. The normalized spacial score (nSPS) is 20.6. The van der Waals surface area contributed by atoms with Gasteiger partial charge in [-0.1, -0.05) is 55.5 Å². The highest BCUT2D eigenvalue weighted by molar-refractivity contribution is 8.00. The van der Waals surface area contributed by atoms with Gasteiger partial charge in [-0.2, -0.15) is 0 Å². The number of hydrogen-bond donors (Lipinski definition) is 2. The molecule has 3 atom stereocenters. The lowest BCUT2D eigenvalue weighted by Crippen LogP contribution is -2.63. The minimum atomic E-state index is -1.48. The number of methoxy groups -OCH3 is 1. The molecule has 3 unspecified atom stereocenters. The summed E-state index contributed by atoms with van der Waals surface area (Å²) >= 11 is 1.42. The predicted octanol–water partition coefficient (Wildman–Crippen LogP) is 3.69. The fraction of sp³-hybridized carbons (Fsp3) is 0.423. The molecule has 0 radical (unpaired) electrons. The number of nitrogens with one attached hydrogen (secondary N) is 1. The number of amides is 2. The fourth-order valence-electron chi connectivity index (χ4n) is 4.93. The van der Waals surface area contributed by atoms with Crippen molar-refractivity contribution in [1.82, 2.24) is 10.2 Å². The first-order valence-corrected chi connectivity index (χ1v) is 12.6. The summed E-state index contributed by atoms with van der Waals surface area (Å²) in [5.41, 5.74) is 2.92. The van der Waals surface area contributed by atoms with E-state index in [0.29, 0.717) is 12.2 Å². The van der Waals surface area contributed by atoms with Crippen LogP contribution in [-0.4, -0.2) is 71.0 Å². The molecule has 2 N–H and O–H groups in total. The number of carboxylic acid groups (broad SMARTS) is 1. The molecule has 1 aliphatic heterocycles. The molecular weight excluding hydrogens is 468 g/mol. The number of carboxylic acids is 1. The van der Waals surface area contributed by atoms with Gasteiger partial charge in [0.05, 0.1) is 12.0 Å². The number of fused-ring (bicyclic) bond motifs is 3. The van der Waals surface area contributed by atoms with Crippen LogP contribution in [0.5, 0.6) is 0 Å². The maximum atomic E-state index is 13.6. The van der Waals surface area contributed by atoms with E-state index in [1.54, 1.807) is 0 Å². The summed E-state index contributed by atoms with van der Waals surface area (Å²) < 4.78 is 10.9. The topological polar surface area (TPSA) is 105 Å². The number of alkyl carbamates (subject to hydrolysis) is 1. The van der Waals surface area contributed by atoms with Gasteiger partial charge in [0.15, 0.2) is 0 Å². The first kappa shape index (κ1) is 25.1. The van der Waals surface area contributed by atoms with Gasteiger partial charge >= 0.3 is 12.1 Å². The van der Waals surface area contributed by atoms with Crippen LogP contribution < -0.4 is 5.32 Å². The molecule has 2 aromatic rings. The van der Waals surface area contributed by atoms with Crippen LogP contribution in [0.3, 0.4) is 0 Å². The molecule has 186 valence electrons. The van der Waals surface area contributed by atoms with Crippen molar-refractivity contribution >= 4 is 29.7 Å². The average Bonchev–Trinajstić information content (AvgIpc) is 3.42. The standard InChI is InChI=1S/C26H30N2O6S/c1-4-22-28(21(14-35-22)23(29)30)24(31)26(2,15-33-3)27-25(32)34-13-20-18-11-7-5-9-16(18)17-10-6-8-12-19(17)20/h5-12,20-22H,4,13-15H2,1-3H3,(H,27,32)(H,29,30). The Bertz CT molecular complexity index is 1080. The summed E-state index contributed by atoms with van der Waals surface area (Å²) in [7, 11) is 1.43. The highest BCUT2D eigenvalue weighted by atomic mass is 32.2. The second-order valence-corrected chi connectivity index (χ2v) is 10.2. The number of nitrogens with zero attached hydrogens (tertiary/aromatic N) is 1. The Morgan fingerprint density at radius 3 is 2.26 bits per heavy atom. The second-order valence-electron chi connectivity index (χ2n) is 8.98. The van der Waals surface area contributed by atoms with Crippen molar-refractivity contribution in [3.05, 3.63) is 59.7 Å². The molecule has 35 heavy (non-hydrogen) atoms. The Hall–Kier alpha value is -3.04. The van der Waals surface area contributed by atoms with Crippen LogP contribution in [0.2, 0.25) is 0 Å². The van der Waals surface area contributed by atoms with Crippen LogP contribution in [-0.2, 0) is 19.1 Å². The maximum absolute atomic E-state index is 13.6. The molecular formula is C26H30N2O6S. The van der Waals surface area contributed by atoms with E-state index in [9.17, 15) is 19.5 Å². The molecule has 0 saturated carbocycles. The van der Waals surface area contributed by atoms with Crippen molar-refractivity contribution in [3.63, 3.8) is 0 Å². The number of benzene rings is 2. The van der Waals surface area contributed by atoms with Gasteiger partial charge in [-0.3, -0.25) is 4.79 Å². The fourth-order valence-corrected chi connectivity index (χ4v) is 6.27. The molecule has 8 nitrogen and oxygen atoms in total. The predicted molar refractivity (Wildman–Crippen MR) is 133 cm³/mol. The molecule has 1 heterocycles. The zero-order chi connectivity index (χ0) is 25.2. The number of ether oxygens (including phenoxy) is 2. The van der Waals surface area contributed by atoms with Crippen molar-refractivity contribution in [3.8, 4) is 11.1 Å². The number of rotatable bonds is 8. The minimum Gasteiger partial charge on any atom is -0.480 e. The van der Waals surface area contributed by atoms with Crippen LogP contribution >= 0.6 is 11.8 Å². The van der Waals surface area contributed by atoms with Crippen molar-refractivity contribution in [2.75, 3.05) is 26.1 Å². The lowest BCUT2D eigenvalue weighted by molar-refractivity contribution is -0.153. The Kier molecular flexibility index (Phi) is 7.37. The molecule has 1 fully saturated rings. The number of hydrogen-bond acceptors (Lipinski definition) is 6. The first-order valence-electron chi connectivity index (χ1n) is 11.6. The van der Waals surface area contributed by atoms with E-state index in [-0.39, 0.29) is 24.5 Å². The van der Waals surface area contributed by atoms with E-state index in [0.717, 1.165) is 22.3 Å². The molecule has 2 aromatic carbocycles. The lowest BCUT2D eigenvalue weighted by Gasteiger charge is -2.36. The van der Waals surface area contributed by atoms with Crippen molar-refractivity contribution < 1.29 is 29.0 Å². The molecule has 4 rings (SSSR count). The van der Waals surface area contributed by atoms with Crippen LogP contribution in [0.4, 0.5) is 4.79 Å². The van der Waals surface area contributed by atoms with Gasteiger partial charge in [-0.05, 0) is 35.6 Å². The summed E-state index contributed by atoms with van der Waals surface area (Å²) in [4.78, 5) is 39.6. The summed E-state index contributed by atoms with van der Waals surface area (Å²) in [5.74, 6) is -1.39. The number of carbonyl (C=O) groups is 3. The first-order chi connectivity index (χ1) is 16.8. The lowest BCUT2D eigenvalue weighted by atomic mass is 9.98. The van der Waals surface area contributed by atoms with Gasteiger partial charge in [-0.15, -0.1) is 11.8 Å². The van der Waals surface area contributed by atoms with E-state index < -0.39 is 29.6 Å². The highest BCUT2D eigenvalue weighted by Gasteiger charge is 2.48. The largest absolute Gasteiger partial charge is 0.480 e. The third-order valence-electron chi connectivity index (χ3n) is 6.59. The van der Waals surface area contributed by atoms with Gasteiger partial charge < -0.3 is 24.8 Å². The summed E-state index contributed by atoms with van der Waals surface area (Å²) in [5, 5.41) is 12.0. The van der Waals surface area contributed by atoms with E-state index >= 15 is 0 Å². The molecule has 0 bridgehead atoms. The third-order valence-corrected chi connectivity index (χ3v) is 8.04. The average molecular weight is 499 g/mol. The molecule has 1 saturated heterocycles. The Labute approximate surface area is 209 Å². The molecule has 2 amide bonds. The summed E-state index contributed by atoms with van der Waals surface area (Å²) in [6, 6.07) is 15.1. The maximum Gasteiger partial charge on any atom is 0.408 e. The summed E-state index contributed by atoms with van der Waals surface area (Å²) in [6.45, 7) is 3.41. The Morgan fingerprint density at radius 2 is 1.71 bits per heavy atom. The second kappa shape index (κ2) is 10.3. The summed E-state index contributed by atoms with van der Waals surface area (Å²) in [6.07, 6.45) is -0.166. The molecule has 0 aromatic heterocycles. The van der Waals surface area contributed by atoms with E-state index in [4.69, 9.17) is 9.47 Å². The van der Waals surface area contributed by atoms with Crippen molar-refractivity contribution in [2.45, 2.75) is 43.1 Å². The van der Waals surface area contributed by atoms with Crippen molar-refractivity contribution in [1.29, 1.82) is 0 Å². The van der Waals surface area contributed by atoms with Gasteiger partial charge in [0.25, 0.3) is 5.91 Å². The Balaban J connectivity index is 1.50. The Morgan fingerprint density at radius 1 is 1.11 bits per heavy atom. The monoisotopic (exact) mass is 498 g/mol. The van der Waals surface area contributed by atoms with Gasteiger partial charge in [0.1, 0.15) is 18.2 Å². The van der Waals surface area contributed by atoms with E-state index in [1.165, 1.54) is 30.7 Å². The van der Waals surface area contributed by atoms with E-state index in [2.05, 4.69) is 17.4 Å². The van der Waals surface area contributed by atoms with Gasteiger partial charge in [0, 0.05) is 18.8 Å². The van der Waals surface area contributed by atoms with Crippen molar-refractivity contribution in [2.24, 2.45) is 0 Å². The highest BCUT2D eigenvalue weighted by Crippen LogP contribution is 2.44. The van der Waals surface area contributed by atoms with Crippen LogP contribution in [0, 0.1) is 0 Å². The number of aliphatic carboxylic acids is 1. The molecule has 2 aliphatic rings. The van der Waals surface area contributed by atoms with Gasteiger partial charge in [0.2, 0.25) is 0 Å². The smallest absolute Gasteiger partial charge is 0.408 e. The minimum absolute atomic E-state index is 0.103. The zero-order valence-corrected chi connectivity index (χ0v) is 20.8. The van der Waals surface area contributed by atoms with Gasteiger partial charge in [-0.25, -0.2) is 9.59 Å². The molecule has 1 aliphatic carbocycles.